The molecule has 0 amide bonds. The third-order valence-corrected chi connectivity index (χ3v) is 3.80. The van der Waals surface area contributed by atoms with Crippen molar-refractivity contribution in [1.29, 1.82) is 0 Å². The van der Waals surface area contributed by atoms with E-state index >= 15 is 0 Å². The van der Waals surface area contributed by atoms with Gasteiger partial charge in [0.25, 0.3) is 0 Å². The Hall–Kier alpha value is -1.53. The van der Waals surface area contributed by atoms with Gasteiger partial charge in [-0.3, -0.25) is 0 Å². The highest BCUT2D eigenvalue weighted by Gasteiger charge is 2.19. The first-order valence-corrected chi connectivity index (χ1v) is 6.21. The number of hydrogen-bond donors (Lipinski definition) is 0. The number of fused-ring (bicyclic) bond motifs is 2. The van der Waals surface area contributed by atoms with Crippen LogP contribution in [0.15, 0.2) is 42.5 Å². The number of benzene rings is 2. The first-order chi connectivity index (χ1) is 8.27. The van der Waals surface area contributed by atoms with E-state index in [1.165, 1.54) is 27.8 Å². The van der Waals surface area contributed by atoms with E-state index in [9.17, 15) is 0 Å². The Morgan fingerprint density at radius 1 is 0.882 bits per heavy atom. The molecule has 0 fully saturated rings. The lowest BCUT2D eigenvalue weighted by atomic mass is 9.97. The third-order valence-electron chi connectivity index (χ3n) is 3.33. The van der Waals surface area contributed by atoms with Gasteiger partial charge >= 0.3 is 0 Å². The summed E-state index contributed by atoms with van der Waals surface area (Å²) in [6.45, 7) is 2.13. The Kier molecular flexibility index (Phi) is 2.53. The van der Waals surface area contributed by atoms with Crippen LogP contribution in [0.1, 0.15) is 33.2 Å². The van der Waals surface area contributed by atoms with Gasteiger partial charge in [0.2, 0.25) is 0 Å². The predicted octanol–water partition coefficient (Wildman–Crippen LogP) is 4.81. The maximum absolute atomic E-state index is 6.61. The molecular formula is C16H13Cl. The van der Waals surface area contributed by atoms with Crippen LogP contribution in [0, 0.1) is 6.92 Å². The Labute approximate surface area is 107 Å². The lowest BCUT2D eigenvalue weighted by molar-refractivity contribution is 1.12. The normalized spacial score (nSPS) is 17.2. The minimum Gasteiger partial charge on any atom is -0.113 e. The van der Waals surface area contributed by atoms with Gasteiger partial charge in [0.05, 0.1) is 5.38 Å². The molecule has 2 aromatic carbocycles. The van der Waals surface area contributed by atoms with Crippen LogP contribution in [0.5, 0.6) is 0 Å². The van der Waals surface area contributed by atoms with Crippen molar-refractivity contribution in [3.63, 3.8) is 0 Å². The lowest BCUT2D eigenvalue weighted by Gasteiger charge is -2.14. The highest BCUT2D eigenvalue weighted by atomic mass is 35.5. The third kappa shape index (κ3) is 1.69. The standard InChI is InChI=1S/C16H13Cl/c1-11-5-4-8-15-13(11)10-9-12-6-2-3-7-14(12)16(15)17/h2-10,16H,1H3. The van der Waals surface area contributed by atoms with E-state index < -0.39 is 0 Å². The van der Waals surface area contributed by atoms with Crippen molar-refractivity contribution >= 4 is 23.8 Å². The summed E-state index contributed by atoms with van der Waals surface area (Å²) in [4.78, 5) is 0. The van der Waals surface area contributed by atoms with Gasteiger partial charge in [-0.05, 0) is 34.7 Å². The van der Waals surface area contributed by atoms with Crippen LogP contribution in [0.2, 0.25) is 0 Å². The highest BCUT2D eigenvalue weighted by Crippen LogP contribution is 2.37. The van der Waals surface area contributed by atoms with Crippen LogP contribution >= 0.6 is 11.6 Å². The van der Waals surface area contributed by atoms with Gasteiger partial charge in [0, 0.05) is 0 Å². The minimum atomic E-state index is -0.0592. The van der Waals surface area contributed by atoms with E-state index in [1.807, 2.05) is 6.07 Å². The SMILES string of the molecule is Cc1cccc2c1C=Cc1ccccc1C2Cl. The first-order valence-electron chi connectivity index (χ1n) is 5.78. The molecule has 1 aliphatic carbocycles. The molecule has 3 rings (SSSR count). The molecule has 0 nitrogen and oxygen atoms in total. The summed E-state index contributed by atoms with van der Waals surface area (Å²) in [7, 11) is 0. The molecule has 0 aliphatic heterocycles. The predicted molar refractivity (Wildman–Crippen MR) is 74.2 cm³/mol. The number of halogens is 1. The minimum absolute atomic E-state index is 0.0592. The largest absolute Gasteiger partial charge is 0.113 e. The Morgan fingerprint density at radius 3 is 2.53 bits per heavy atom. The first kappa shape index (κ1) is 10.6. The summed E-state index contributed by atoms with van der Waals surface area (Å²) >= 11 is 6.61. The fraction of sp³-hybridized carbons (Fsp3) is 0.125. The van der Waals surface area contributed by atoms with Gasteiger partial charge < -0.3 is 0 Å². The Bertz CT molecular complexity index is 596. The van der Waals surface area contributed by atoms with Crippen LogP contribution in [-0.2, 0) is 0 Å². The second-order valence-electron chi connectivity index (χ2n) is 4.40. The Balaban J connectivity index is 2.28. The average Bonchev–Trinajstić information content (AvgIpc) is 2.50. The summed E-state index contributed by atoms with van der Waals surface area (Å²) in [6.07, 6.45) is 4.33. The molecule has 0 N–H and O–H groups in total. The maximum Gasteiger partial charge on any atom is 0.0847 e. The van der Waals surface area contributed by atoms with Crippen molar-refractivity contribution < 1.29 is 0 Å². The smallest absolute Gasteiger partial charge is 0.0847 e. The molecule has 1 atom stereocenters. The summed E-state index contributed by atoms with van der Waals surface area (Å²) < 4.78 is 0. The van der Waals surface area contributed by atoms with Crippen molar-refractivity contribution in [3.8, 4) is 0 Å². The van der Waals surface area contributed by atoms with E-state index in [4.69, 9.17) is 11.6 Å². The van der Waals surface area contributed by atoms with Crippen LogP contribution in [0.4, 0.5) is 0 Å². The molecular weight excluding hydrogens is 228 g/mol. The van der Waals surface area contributed by atoms with Crippen LogP contribution in [-0.4, -0.2) is 0 Å². The number of hydrogen-bond acceptors (Lipinski definition) is 0. The van der Waals surface area contributed by atoms with E-state index in [0.29, 0.717) is 0 Å². The van der Waals surface area contributed by atoms with Crippen molar-refractivity contribution in [3.05, 3.63) is 70.3 Å². The highest BCUT2D eigenvalue weighted by molar-refractivity contribution is 6.23. The van der Waals surface area contributed by atoms with Crippen molar-refractivity contribution in [2.24, 2.45) is 0 Å². The molecule has 0 spiro atoms. The fourth-order valence-corrected chi connectivity index (χ4v) is 2.78. The van der Waals surface area contributed by atoms with Gasteiger partial charge in [-0.1, -0.05) is 54.6 Å². The van der Waals surface area contributed by atoms with Gasteiger partial charge in [-0.2, -0.15) is 0 Å². The van der Waals surface area contributed by atoms with E-state index in [2.05, 4.69) is 55.5 Å². The monoisotopic (exact) mass is 240 g/mol. The van der Waals surface area contributed by atoms with Gasteiger partial charge in [-0.25, -0.2) is 0 Å². The molecule has 17 heavy (non-hydrogen) atoms. The number of rotatable bonds is 0. The zero-order chi connectivity index (χ0) is 11.8. The molecule has 84 valence electrons. The molecule has 0 radical (unpaired) electrons. The van der Waals surface area contributed by atoms with Crippen LogP contribution in [0.3, 0.4) is 0 Å². The summed E-state index contributed by atoms with van der Waals surface area (Å²) in [5.74, 6) is 0. The molecule has 1 aliphatic rings. The lowest BCUT2D eigenvalue weighted by Crippen LogP contribution is -1.97. The zero-order valence-corrected chi connectivity index (χ0v) is 10.4. The van der Waals surface area contributed by atoms with Gasteiger partial charge in [-0.15, -0.1) is 11.6 Å². The quantitative estimate of drug-likeness (QED) is 0.580. The van der Waals surface area contributed by atoms with E-state index in [0.717, 1.165) is 0 Å². The summed E-state index contributed by atoms with van der Waals surface area (Å²) in [6, 6.07) is 14.6. The summed E-state index contributed by atoms with van der Waals surface area (Å²) in [5, 5.41) is -0.0592. The number of aryl methyl sites for hydroxylation is 1. The van der Waals surface area contributed by atoms with Gasteiger partial charge in [0.15, 0.2) is 0 Å². The zero-order valence-electron chi connectivity index (χ0n) is 9.65. The molecule has 0 heterocycles. The molecule has 0 saturated heterocycles. The molecule has 1 unspecified atom stereocenters. The maximum atomic E-state index is 6.61. The topological polar surface area (TPSA) is 0 Å². The molecule has 2 aromatic rings. The van der Waals surface area contributed by atoms with E-state index in [1.54, 1.807) is 0 Å². The average molecular weight is 241 g/mol. The Morgan fingerprint density at radius 2 is 1.65 bits per heavy atom. The van der Waals surface area contributed by atoms with Crippen molar-refractivity contribution in [2.75, 3.05) is 0 Å². The molecule has 0 aromatic heterocycles. The summed E-state index contributed by atoms with van der Waals surface area (Å²) in [5.41, 5.74) is 6.13. The van der Waals surface area contributed by atoms with Crippen molar-refractivity contribution in [2.45, 2.75) is 12.3 Å². The molecule has 0 saturated carbocycles. The van der Waals surface area contributed by atoms with Gasteiger partial charge in [0.1, 0.15) is 0 Å². The number of alkyl halides is 1. The van der Waals surface area contributed by atoms with Crippen LogP contribution < -0.4 is 0 Å². The van der Waals surface area contributed by atoms with Crippen LogP contribution in [0.25, 0.3) is 12.2 Å². The molecule has 0 bridgehead atoms. The second-order valence-corrected chi connectivity index (χ2v) is 4.84. The second kappa shape index (κ2) is 4.05. The fourth-order valence-electron chi connectivity index (χ4n) is 2.39. The van der Waals surface area contributed by atoms with E-state index in [-0.39, 0.29) is 5.38 Å². The molecule has 1 heteroatoms. The van der Waals surface area contributed by atoms with Crippen molar-refractivity contribution in [1.82, 2.24) is 0 Å².